The smallest absolute Gasteiger partial charge is 0.201 e. The monoisotopic (exact) mass is 392 g/mol. The molecule has 1 aromatic carbocycles. The minimum Gasteiger partial charge on any atom is -0.366 e. The summed E-state index contributed by atoms with van der Waals surface area (Å²) in [6.45, 7) is 11.7. The maximum atomic E-state index is 4.96. The van der Waals surface area contributed by atoms with Crippen LogP contribution in [0.5, 0.6) is 0 Å². The molecule has 0 N–H and O–H groups in total. The molecule has 0 unspecified atom stereocenters. The number of hydrogen-bond acceptors (Lipinski definition) is 3. The van der Waals surface area contributed by atoms with Gasteiger partial charge in [-0.05, 0) is 64.8 Å². The first kappa shape index (κ1) is 18.1. The Morgan fingerprint density at radius 2 is 1.86 bits per heavy atom. The normalized spacial score (nSPS) is 23.1. The number of rotatable bonds is 1. The zero-order valence-corrected chi connectivity index (χ0v) is 18.3. The number of aromatic nitrogens is 1. The van der Waals surface area contributed by atoms with Gasteiger partial charge >= 0.3 is 0 Å². The minimum absolute atomic E-state index is 0.247. The van der Waals surface area contributed by atoms with Crippen molar-refractivity contribution >= 4 is 27.2 Å². The Bertz CT molecular complexity index is 1090. The van der Waals surface area contributed by atoms with Crippen LogP contribution < -0.4 is 14.8 Å². The van der Waals surface area contributed by atoms with E-state index < -0.39 is 0 Å². The summed E-state index contributed by atoms with van der Waals surface area (Å²) in [6.07, 6.45) is 5.08. The van der Waals surface area contributed by atoms with Crippen LogP contribution in [0, 0.1) is 0 Å². The van der Waals surface area contributed by atoms with Gasteiger partial charge in [0.25, 0.3) is 0 Å². The molecule has 5 rings (SSSR count). The van der Waals surface area contributed by atoms with Gasteiger partial charge in [-0.25, -0.2) is 9.56 Å². The highest BCUT2D eigenvalue weighted by Gasteiger charge is 2.36. The van der Waals surface area contributed by atoms with Crippen molar-refractivity contribution < 1.29 is 0 Å². The van der Waals surface area contributed by atoms with Crippen molar-refractivity contribution in [2.24, 2.45) is 0 Å². The van der Waals surface area contributed by atoms with Gasteiger partial charge in [-0.2, -0.15) is 0 Å². The van der Waals surface area contributed by atoms with Crippen LogP contribution in [0.25, 0.3) is 20.8 Å². The van der Waals surface area contributed by atoms with Crippen molar-refractivity contribution in [3.63, 3.8) is 0 Å². The van der Waals surface area contributed by atoms with E-state index in [4.69, 9.17) is 4.98 Å². The Balaban J connectivity index is 1.65. The molecule has 3 aliphatic heterocycles. The molecular formula is C24H30N3S+. The molecule has 2 saturated heterocycles. The van der Waals surface area contributed by atoms with E-state index in [9.17, 15) is 0 Å². The summed E-state index contributed by atoms with van der Waals surface area (Å²) in [5.74, 6) is 0. The predicted molar refractivity (Wildman–Crippen MR) is 120 cm³/mol. The van der Waals surface area contributed by atoms with E-state index in [0.717, 1.165) is 24.3 Å². The average Bonchev–Trinajstić information content (AvgIpc) is 3.19. The van der Waals surface area contributed by atoms with Crippen LogP contribution in [-0.4, -0.2) is 29.2 Å². The zero-order valence-electron chi connectivity index (χ0n) is 17.5. The summed E-state index contributed by atoms with van der Waals surface area (Å²) >= 11 is 1.88. The molecule has 1 aromatic rings. The lowest BCUT2D eigenvalue weighted by molar-refractivity contribution is 0.393. The molecular weight excluding hydrogens is 362 g/mol. The lowest BCUT2D eigenvalue weighted by Crippen LogP contribution is -2.41. The number of anilines is 1. The molecule has 0 spiro atoms. The Labute approximate surface area is 171 Å². The summed E-state index contributed by atoms with van der Waals surface area (Å²) in [4.78, 5) is 8.80. The van der Waals surface area contributed by atoms with Crippen LogP contribution in [0.15, 0.2) is 36.4 Å². The molecule has 4 aliphatic rings. The Morgan fingerprint density at radius 3 is 2.57 bits per heavy atom. The van der Waals surface area contributed by atoms with Crippen molar-refractivity contribution in [3.8, 4) is 10.6 Å². The maximum absolute atomic E-state index is 4.96. The Morgan fingerprint density at radius 1 is 1.00 bits per heavy atom. The Hall–Kier alpha value is -1.94. The minimum atomic E-state index is 0.247. The molecule has 0 saturated carbocycles. The lowest BCUT2D eigenvalue weighted by Gasteiger charge is -2.33. The number of nitrogens with zero attached hydrogens (tertiary/aromatic N) is 3. The fourth-order valence-electron chi connectivity index (χ4n) is 5.11. The second-order valence-electron chi connectivity index (χ2n) is 9.65. The van der Waals surface area contributed by atoms with Gasteiger partial charge in [0.1, 0.15) is 6.54 Å². The van der Waals surface area contributed by atoms with Gasteiger partial charge in [-0.3, -0.25) is 0 Å². The van der Waals surface area contributed by atoms with Gasteiger partial charge in [0.2, 0.25) is 5.36 Å². The lowest BCUT2D eigenvalue weighted by atomic mass is 10.0. The molecule has 0 atom stereocenters. The summed E-state index contributed by atoms with van der Waals surface area (Å²) < 4.78 is 3.84. The van der Waals surface area contributed by atoms with Crippen molar-refractivity contribution in [2.75, 3.05) is 18.0 Å². The van der Waals surface area contributed by atoms with Crippen LogP contribution in [0.4, 0.5) is 5.69 Å². The van der Waals surface area contributed by atoms with Gasteiger partial charge in [0, 0.05) is 42.7 Å². The third kappa shape index (κ3) is 2.93. The molecule has 0 amide bonds. The third-order valence-electron chi connectivity index (χ3n) is 6.77. The average molecular weight is 393 g/mol. The van der Waals surface area contributed by atoms with E-state index in [0.29, 0.717) is 0 Å². The predicted octanol–water partition coefficient (Wildman–Crippen LogP) is 5.12. The van der Waals surface area contributed by atoms with E-state index >= 15 is 0 Å². The molecule has 146 valence electrons. The van der Waals surface area contributed by atoms with Gasteiger partial charge in [0.05, 0.1) is 20.8 Å². The van der Waals surface area contributed by atoms with Gasteiger partial charge in [-0.15, -0.1) is 11.3 Å². The first-order chi connectivity index (χ1) is 13.3. The molecule has 2 fully saturated rings. The van der Waals surface area contributed by atoms with Crippen molar-refractivity contribution in [1.29, 1.82) is 0 Å². The van der Waals surface area contributed by atoms with Crippen molar-refractivity contribution in [2.45, 2.75) is 64.5 Å². The van der Waals surface area contributed by atoms with E-state index in [1.54, 1.807) is 0 Å². The summed E-state index contributed by atoms with van der Waals surface area (Å²) in [6, 6.07) is 13.6. The van der Waals surface area contributed by atoms with E-state index in [-0.39, 0.29) is 11.1 Å². The van der Waals surface area contributed by atoms with Gasteiger partial charge < -0.3 is 4.90 Å². The summed E-state index contributed by atoms with van der Waals surface area (Å²) in [5, 5.41) is 1.34. The zero-order chi connectivity index (χ0) is 19.5. The van der Waals surface area contributed by atoms with E-state index in [1.807, 2.05) is 11.3 Å². The first-order valence-electron chi connectivity index (χ1n) is 10.6. The molecule has 28 heavy (non-hydrogen) atoms. The van der Waals surface area contributed by atoms with Gasteiger partial charge in [-0.1, -0.05) is 0 Å². The number of benzene rings is 2. The van der Waals surface area contributed by atoms with E-state index in [2.05, 4.69) is 73.6 Å². The van der Waals surface area contributed by atoms with Crippen molar-refractivity contribution in [3.05, 3.63) is 41.8 Å². The molecule has 0 radical (unpaired) electrons. The second-order valence-corrected chi connectivity index (χ2v) is 10.7. The number of hydrogen-bond donors (Lipinski definition) is 0. The second kappa shape index (κ2) is 6.28. The summed E-state index contributed by atoms with van der Waals surface area (Å²) in [7, 11) is 0. The van der Waals surface area contributed by atoms with Crippen LogP contribution in [0.3, 0.4) is 0 Å². The molecule has 1 aliphatic carbocycles. The Kier molecular flexibility index (Phi) is 4.06. The fraction of sp³-hybridized carbons (Fsp3) is 0.500. The third-order valence-corrected chi connectivity index (χ3v) is 7.87. The van der Waals surface area contributed by atoms with Crippen LogP contribution in [0.2, 0.25) is 0 Å². The van der Waals surface area contributed by atoms with Gasteiger partial charge in [0.15, 0.2) is 5.54 Å². The standard InChI is InChI=1S/C24H30N3S/c1-23(2)11-5-13-26(23)17-7-9-19-21(15-17)28-22-16-18(8-10-20(22)25-19)27-14-6-12-24(27,3)4/h7-10,15-16H,5-6,11-14H2,1-4H3/q+1. The largest absolute Gasteiger partial charge is 0.366 e. The van der Waals surface area contributed by atoms with Crippen LogP contribution in [-0.2, 0) is 0 Å². The molecule has 0 bridgehead atoms. The highest BCUT2D eigenvalue weighted by atomic mass is 32.1. The topological polar surface area (TPSA) is 19.1 Å². The van der Waals surface area contributed by atoms with Crippen molar-refractivity contribution in [1.82, 2.24) is 9.56 Å². The maximum Gasteiger partial charge on any atom is 0.201 e. The van der Waals surface area contributed by atoms with Crippen LogP contribution >= 0.6 is 11.3 Å². The SMILES string of the molecule is CC1(C)CCCN1c1ccc2nc3ccc(=[N+]4CCCC4(C)C)cc-3sc2c1. The molecule has 3 heterocycles. The highest BCUT2D eigenvalue weighted by Crippen LogP contribution is 2.37. The fourth-order valence-corrected chi connectivity index (χ4v) is 6.14. The van der Waals surface area contributed by atoms with Crippen LogP contribution in [0.1, 0.15) is 53.4 Å². The highest BCUT2D eigenvalue weighted by molar-refractivity contribution is 7.21. The summed E-state index contributed by atoms with van der Waals surface area (Å²) in [5.41, 5.74) is 4.04. The number of fused-ring (bicyclic) bond motifs is 2. The molecule has 4 heteroatoms. The molecule has 0 aromatic heterocycles. The molecule has 3 nitrogen and oxygen atoms in total. The first-order valence-corrected chi connectivity index (χ1v) is 11.4. The quantitative estimate of drug-likeness (QED) is 0.423. The van der Waals surface area contributed by atoms with E-state index in [1.165, 1.54) is 46.3 Å².